The molecule has 5 saturated heterocycles. The Balaban J connectivity index is 0.757. The van der Waals surface area contributed by atoms with E-state index in [4.69, 9.17) is 37.9 Å². The van der Waals surface area contributed by atoms with Gasteiger partial charge in [-0.1, -0.05) is 0 Å². The van der Waals surface area contributed by atoms with E-state index >= 15 is 0 Å². The van der Waals surface area contributed by atoms with Gasteiger partial charge in [0.25, 0.3) is 0 Å². The van der Waals surface area contributed by atoms with Crippen LogP contribution in [0.25, 0.3) is 0 Å². The van der Waals surface area contributed by atoms with Crippen molar-refractivity contribution in [2.24, 2.45) is 0 Å². The Morgan fingerprint density at radius 2 is 0.962 bits per heavy atom. The molecule has 3 aromatic carbocycles. The predicted molar refractivity (Wildman–Crippen MR) is 197 cm³/mol. The number of ether oxygens (including phenoxy) is 8. The lowest BCUT2D eigenvalue weighted by Crippen LogP contribution is -2.46. The minimum atomic E-state index is -0.806. The SMILES string of the molecule is OC(COc1ccc(N(CC(O)CCOc2ccc(N(CC3CO3)C3CCO3)cc2)CC2CO2)cc1)COc1ccc(N(CC2CO2)C2CCO2)cc1. The third kappa shape index (κ3) is 10.4. The van der Waals surface area contributed by atoms with Gasteiger partial charge in [-0.2, -0.15) is 0 Å². The normalized spacial score (nSPS) is 24.9. The van der Waals surface area contributed by atoms with Crippen LogP contribution in [0, 0.1) is 0 Å². The first kappa shape index (κ1) is 36.2. The summed E-state index contributed by atoms with van der Waals surface area (Å²) in [4.78, 5) is 6.63. The van der Waals surface area contributed by atoms with Crippen LogP contribution >= 0.6 is 0 Å². The lowest BCUT2D eigenvalue weighted by atomic mass is 10.2. The summed E-state index contributed by atoms with van der Waals surface area (Å²) in [6.45, 7) is 7.30. The fourth-order valence-electron chi connectivity index (χ4n) is 6.52. The quantitative estimate of drug-likeness (QED) is 0.138. The number of hydrogen-bond donors (Lipinski definition) is 2. The van der Waals surface area contributed by atoms with Gasteiger partial charge in [0.15, 0.2) is 0 Å². The summed E-state index contributed by atoms with van der Waals surface area (Å²) in [7, 11) is 0. The zero-order chi connectivity index (χ0) is 36.0. The van der Waals surface area contributed by atoms with E-state index in [0.29, 0.717) is 37.6 Å². The van der Waals surface area contributed by atoms with E-state index < -0.39 is 12.2 Å². The Bertz CT molecular complexity index is 1560. The molecule has 7 unspecified atom stereocenters. The van der Waals surface area contributed by atoms with Crippen LogP contribution in [0.2, 0.25) is 0 Å². The molecule has 3 aromatic rings. The first-order valence-corrected chi connectivity index (χ1v) is 18.9. The fraction of sp³-hybridized carbons (Fsp3) is 0.550. The van der Waals surface area contributed by atoms with E-state index in [-0.39, 0.29) is 44.0 Å². The first-order valence-electron chi connectivity index (χ1n) is 18.9. The van der Waals surface area contributed by atoms with Crippen molar-refractivity contribution in [2.45, 2.75) is 62.2 Å². The molecular weight excluding hydrogens is 682 g/mol. The number of epoxide rings is 3. The summed E-state index contributed by atoms with van der Waals surface area (Å²) in [6, 6.07) is 23.6. The number of anilines is 3. The maximum Gasteiger partial charge on any atom is 0.132 e. The molecule has 13 heteroatoms. The predicted octanol–water partition coefficient (Wildman–Crippen LogP) is 3.44. The summed E-state index contributed by atoms with van der Waals surface area (Å²) in [5, 5.41) is 21.5. The van der Waals surface area contributed by atoms with Crippen molar-refractivity contribution in [3.63, 3.8) is 0 Å². The van der Waals surface area contributed by atoms with Gasteiger partial charge in [-0.25, -0.2) is 0 Å². The molecule has 8 rings (SSSR count). The molecule has 0 radical (unpaired) electrons. The molecule has 5 fully saturated rings. The third-order valence-electron chi connectivity index (χ3n) is 10.1. The number of rotatable bonds is 23. The van der Waals surface area contributed by atoms with Crippen LogP contribution in [0.1, 0.15) is 19.3 Å². The lowest BCUT2D eigenvalue weighted by molar-refractivity contribution is -0.0517. The highest BCUT2D eigenvalue weighted by molar-refractivity contribution is 5.52. The minimum Gasteiger partial charge on any atom is -0.493 e. The van der Waals surface area contributed by atoms with Crippen molar-refractivity contribution >= 4 is 17.1 Å². The maximum absolute atomic E-state index is 11.0. The van der Waals surface area contributed by atoms with Crippen LogP contribution in [0.15, 0.2) is 72.8 Å². The van der Waals surface area contributed by atoms with Gasteiger partial charge in [0.2, 0.25) is 0 Å². The van der Waals surface area contributed by atoms with E-state index in [1.807, 2.05) is 60.7 Å². The zero-order valence-electron chi connectivity index (χ0n) is 30.1. The highest BCUT2D eigenvalue weighted by Gasteiger charge is 2.34. The van der Waals surface area contributed by atoms with Gasteiger partial charge in [-0.15, -0.1) is 0 Å². The van der Waals surface area contributed by atoms with Crippen LogP contribution in [-0.2, 0) is 23.7 Å². The van der Waals surface area contributed by atoms with Crippen LogP contribution in [0.5, 0.6) is 17.2 Å². The smallest absolute Gasteiger partial charge is 0.132 e. The second kappa shape index (κ2) is 17.1. The van der Waals surface area contributed by atoms with Gasteiger partial charge < -0.3 is 62.8 Å². The number of benzene rings is 3. The van der Waals surface area contributed by atoms with E-state index in [2.05, 4.69) is 26.8 Å². The van der Waals surface area contributed by atoms with Gasteiger partial charge in [0.1, 0.15) is 49.0 Å². The van der Waals surface area contributed by atoms with Crippen molar-refractivity contribution < 1.29 is 48.1 Å². The van der Waals surface area contributed by atoms with Crippen molar-refractivity contribution in [3.05, 3.63) is 72.8 Å². The fourth-order valence-corrected chi connectivity index (χ4v) is 6.52. The second-order valence-electron chi connectivity index (χ2n) is 14.4. The molecule has 13 nitrogen and oxygen atoms in total. The average Bonchev–Trinajstić information content (AvgIpc) is 3.97. The standard InChI is InChI=1S/C40H51N3O10/c44-31(13-16-46-33-9-3-29(4-10-33)42(21-37-26-52-37)39-14-17-47-39)19-41(20-36-25-51-36)28-1-7-34(8-2-28)49-23-32(45)24-50-35-11-5-30(6-12-35)43(22-38-27-53-38)40-15-18-48-40/h1-12,31-32,36-40,44-45H,13-27H2. The number of nitrogens with zero attached hydrogens (tertiary/aromatic N) is 3. The zero-order valence-corrected chi connectivity index (χ0v) is 30.1. The number of aliphatic hydroxyl groups excluding tert-OH is 2. The van der Waals surface area contributed by atoms with Gasteiger partial charge >= 0.3 is 0 Å². The Labute approximate surface area is 310 Å². The van der Waals surface area contributed by atoms with Crippen molar-refractivity contribution in [1.29, 1.82) is 0 Å². The highest BCUT2D eigenvalue weighted by Crippen LogP contribution is 2.30. The maximum atomic E-state index is 11.0. The molecule has 0 aromatic heterocycles. The Hall–Kier alpha value is -3.82. The van der Waals surface area contributed by atoms with E-state index in [1.165, 1.54) is 0 Å². The molecular formula is C40H51N3O10. The topological polar surface area (TPSA) is 134 Å². The Morgan fingerprint density at radius 3 is 1.38 bits per heavy atom. The average molecular weight is 734 g/mol. The summed E-state index contributed by atoms with van der Waals surface area (Å²) >= 11 is 0. The van der Waals surface area contributed by atoms with Gasteiger partial charge in [-0.3, -0.25) is 0 Å². The molecule has 5 aliphatic heterocycles. The lowest BCUT2D eigenvalue weighted by Gasteiger charge is -2.38. The van der Waals surface area contributed by atoms with E-state index in [9.17, 15) is 10.2 Å². The minimum absolute atomic E-state index is 0.0926. The molecule has 2 N–H and O–H groups in total. The Kier molecular flexibility index (Phi) is 11.7. The molecule has 0 aliphatic carbocycles. The van der Waals surface area contributed by atoms with Gasteiger partial charge in [-0.05, 0) is 72.8 Å². The third-order valence-corrected chi connectivity index (χ3v) is 10.1. The largest absolute Gasteiger partial charge is 0.493 e. The number of aliphatic hydroxyl groups is 2. The summed E-state index contributed by atoms with van der Waals surface area (Å²) < 4.78 is 45.5. The molecule has 0 amide bonds. The van der Waals surface area contributed by atoms with Crippen molar-refractivity contribution in [3.8, 4) is 17.2 Å². The van der Waals surface area contributed by atoms with Crippen LogP contribution in [0.3, 0.4) is 0 Å². The highest BCUT2D eigenvalue weighted by atomic mass is 16.6. The van der Waals surface area contributed by atoms with Gasteiger partial charge in [0.05, 0.1) is 64.1 Å². The second-order valence-corrected chi connectivity index (χ2v) is 14.4. The Morgan fingerprint density at radius 1 is 0.547 bits per heavy atom. The summed E-state index contributed by atoms with van der Waals surface area (Å²) in [5.41, 5.74) is 3.12. The molecule has 5 aliphatic rings. The van der Waals surface area contributed by atoms with Crippen molar-refractivity contribution in [2.75, 3.05) is 93.7 Å². The molecule has 0 spiro atoms. The van der Waals surface area contributed by atoms with E-state index in [1.54, 1.807) is 0 Å². The van der Waals surface area contributed by atoms with E-state index in [0.717, 1.165) is 81.8 Å². The van der Waals surface area contributed by atoms with Crippen molar-refractivity contribution in [1.82, 2.24) is 0 Å². The molecule has 286 valence electrons. The molecule has 53 heavy (non-hydrogen) atoms. The van der Waals surface area contributed by atoms with Crippen LogP contribution in [-0.4, -0.2) is 132 Å². The molecule has 7 atom stereocenters. The summed E-state index contributed by atoms with van der Waals surface area (Å²) in [6.07, 6.45) is 2.05. The first-order chi connectivity index (χ1) is 26.0. The van der Waals surface area contributed by atoms with Gasteiger partial charge in [0, 0.05) is 62.5 Å². The van der Waals surface area contributed by atoms with Crippen LogP contribution < -0.4 is 28.9 Å². The summed E-state index contributed by atoms with van der Waals surface area (Å²) in [5.74, 6) is 2.09. The van der Waals surface area contributed by atoms with Crippen LogP contribution in [0.4, 0.5) is 17.1 Å². The molecule has 5 heterocycles. The number of hydrogen-bond acceptors (Lipinski definition) is 13. The molecule has 0 bridgehead atoms. The monoisotopic (exact) mass is 733 g/mol. The molecule has 0 saturated carbocycles.